The maximum Gasteiger partial charge on any atom is 0.144 e. The van der Waals surface area contributed by atoms with Crippen LogP contribution in [0.2, 0.25) is 0 Å². The number of terminal acetylenes is 1. The lowest BCUT2D eigenvalue weighted by Crippen LogP contribution is -2.37. The van der Waals surface area contributed by atoms with Crippen molar-refractivity contribution in [2.75, 3.05) is 6.61 Å². The first kappa shape index (κ1) is 28.1. The molecule has 1 aromatic heterocycles. The van der Waals surface area contributed by atoms with Crippen molar-refractivity contribution < 1.29 is 9.53 Å². The normalized spacial score (nSPS) is 13.5. The second kappa shape index (κ2) is 13.1. The van der Waals surface area contributed by atoms with Crippen LogP contribution in [0, 0.1) is 36.5 Å². The molecule has 5 heteroatoms. The summed E-state index contributed by atoms with van der Waals surface area (Å²) >= 11 is 1.61. The molecule has 0 spiro atoms. The largest absolute Gasteiger partial charge is 0.360 e. The lowest BCUT2D eigenvalue weighted by Gasteiger charge is -2.35. The van der Waals surface area contributed by atoms with Crippen molar-refractivity contribution >= 4 is 17.7 Å². The molecule has 4 nitrogen and oxygen atoms in total. The number of aromatic nitrogens is 1. The molecule has 1 N–H and O–H groups in total. The number of benzene rings is 1. The number of hydrogen-bond donors (Lipinski definition) is 1. The quantitative estimate of drug-likeness (QED) is 0.255. The molecular formula is C29H40N2O2S. The van der Waals surface area contributed by atoms with E-state index in [9.17, 15) is 4.79 Å². The number of Topliss-reactive ketones (excluding diaryl/α,β-unsaturated/α-hetero) is 1. The number of ether oxygens (including phenoxy) is 1. The fraction of sp³-hybridized carbons (Fsp3) is 0.517. The van der Waals surface area contributed by atoms with E-state index in [4.69, 9.17) is 11.2 Å². The van der Waals surface area contributed by atoms with Crippen molar-refractivity contribution in [3.63, 3.8) is 0 Å². The van der Waals surface area contributed by atoms with E-state index >= 15 is 0 Å². The Hall–Kier alpha value is -2.13. The van der Waals surface area contributed by atoms with Gasteiger partial charge >= 0.3 is 0 Å². The van der Waals surface area contributed by atoms with Gasteiger partial charge in [-0.1, -0.05) is 65.7 Å². The van der Waals surface area contributed by atoms with Crippen molar-refractivity contribution in [1.29, 1.82) is 0 Å². The molecule has 2 aromatic rings. The molecule has 0 aliphatic heterocycles. The Balaban J connectivity index is 2.24. The van der Waals surface area contributed by atoms with E-state index in [2.05, 4.69) is 60.7 Å². The number of rotatable bonds is 13. The van der Waals surface area contributed by atoms with Crippen LogP contribution in [0.25, 0.3) is 0 Å². The summed E-state index contributed by atoms with van der Waals surface area (Å²) in [6.45, 7) is 15.4. The van der Waals surface area contributed by atoms with Crippen LogP contribution in [0.3, 0.4) is 0 Å². The molecule has 184 valence electrons. The van der Waals surface area contributed by atoms with Crippen LogP contribution in [0.5, 0.6) is 0 Å². The van der Waals surface area contributed by atoms with Gasteiger partial charge in [0.25, 0.3) is 0 Å². The van der Waals surface area contributed by atoms with Gasteiger partial charge in [0.1, 0.15) is 12.4 Å². The van der Waals surface area contributed by atoms with Crippen molar-refractivity contribution in [1.82, 2.24) is 9.71 Å². The molecule has 0 radical (unpaired) electrons. The second-order valence-electron chi connectivity index (χ2n) is 9.98. The number of ketones is 1. The van der Waals surface area contributed by atoms with Gasteiger partial charge in [-0.25, -0.2) is 0 Å². The number of nitrogens with one attached hydrogen (secondary N) is 1. The highest BCUT2D eigenvalue weighted by molar-refractivity contribution is 7.97. The van der Waals surface area contributed by atoms with Gasteiger partial charge in [-0.15, -0.1) is 6.42 Å². The molecule has 1 heterocycles. The molecular weight excluding hydrogens is 440 g/mol. The predicted molar refractivity (Wildman–Crippen MR) is 142 cm³/mol. The first-order valence-corrected chi connectivity index (χ1v) is 12.9. The third kappa shape index (κ3) is 7.43. The molecule has 0 saturated carbocycles. The summed E-state index contributed by atoms with van der Waals surface area (Å²) in [6.07, 6.45) is 10.7. The highest BCUT2D eigenvalue weighted by Gasteiger charge is 2.40. The maximum atomic E-state index is 13.2. The molecule has 0 aliphatic rings. The van der Waals surface area contributed by atoms with Crippen molar-refractivity contribution in [3.8, 4) is 12.3 Å². The number of nitrogens with zero attached hydrogens (tertiary/aromatic N) is 1. The van der Waals surface area contributed by atoms with Crippen LogP contribution >= 0.6 is 11.9 Å². The summed E-state index contributed by atoms with van der Waals surface area (Å²) in [6, 6.07) is 8.40. The molecule has 2 atom stereocenters. The van der Waals surface area contributed by atoms with Gasteiger partial charge in [0.2, 0.25) is 0 Å². The van der Waals surface area contributed by atoms with Gasteiger partial charge in [0.15, 0.2) is 0 Å². The van der Waals surface area contributed by atoms with Gasteiger partial charge in [-0.3, -0.25) is 14.5 Å². The Morgan fingerprint density at radius 2 is 1.97 bits per heavy atom. The molecule has 0 aliphatic carbocycles. The number of carbonyl (C=O) groups is 1. The zero-order valence-electron chi connectivity index (χ0n) is 21.8. The lowest BCUT2D eigenvalue weighted by molar-refractivity contribution is -0.139. The molecule has 1 aromatic carbocycles. The van der Waals surface area contributed by atoms with Gasteiger partial charge < -0.3 is 4.74 Å². The Bertz CT molecular complexity index is 994. The second-order valence-corrected chi connectivity index (χ2v) is 10.9. The highest BCUT2D eigenvalue weighted by Crippen LogP contribution is 2.40. The summed E-state index contributed by atoms with van der Waals surface area (Å²) < 4.78 is 9.60. The van der Waals surface area contributed by atoms with Crippen LogP contribution in [0.1, 0.15) is 76.3 Å². The Labute approximate surface area is 210 Å². The minimum atomic E-state index is -0.692. The van der Waals surface area contributed by atoms with E-state index in [-0.39, 0.29) is 18.3 Å². The van der Waals surface area contributed by atoms with E-state index in [0.717, 1.165) is 23.3 Å². The maximum absolute atomic E-state index is 13.2. The summed E-state index contributed by atoms with van der Waals surface area (Å²) in [7, 11) is 0. The van der Waals surface area contributed by atoms with E-state index < -0.39 is 11.5 Å². The zero-order chi connectivity index (χ0) is 25.3. The number of aryl methyl sites for hydroxylation is 1. The van der Waals surface area contributed by atoms with E-state index in [1.54, 1.807) is 11.9 Å². The third-order valence-electron chi connectivity index (χ3n) is 6.30. The van der Waals surface area contributed by atoms with Gasteiger partial charge in [0, 0.05) is 29.8 Å². The average Bonchev–Trinajstić information content (AvgIpc) is 2.80. The molecule has 0 fully saturated rings. The van der Waals surface area contributed by atoms with Crippen molar-refractivity contribution in [2.45, 2.75) is 78.9 Å². The summed E-state index contributed by atoms with van der Waals surface area (Å²) in [5, 5.41) is 0. The predicted octanol–water partition coefficient (Wildman–Crippen LogP) is 6.72. The first-order valence-electron chi connectivity index (χ1n) is 12.1. The molecule has 0 bridgehead atoms. The Morgan fingerprint density at radius 3 is 2.62 bits per heavy atom. The van der Waals surface area contributed by atoms with E-state index in [0.29, 0.717) is 12.5 Å². The topological polar surface area (TPSA) is 51.2 Å². The van der Waals surface area contributed by atoms with Crippen LogP contribution in [-0.4, -0.2) is 17.4 Å². The van der Waals surface area contributed by atoms with Crippen molar-refractivity contribution in [3.05, 3.63) is 58.9 Å². The minimum Gasteiger partial charge on any atom is -0.360 e. The highest BCUT2D eigenvalue weighted by atomic mass is 32.2. The van der Waals surface area contributed by atoms with Crippen LogP contribution in [-0.2, 0) is 22.5 Å². The smallest absolute Gasteiger partial charge is 0.144 e. The van der Waals surface area contributed by atoms with E-state index in [1.165, 1.54) is 16.7 Å². The molecule has 0 saturated heterocycles. The number of carbonyl (C=O) groups excluding carboxylic acids is 1. The lowest BCUT2D eigenvalue weighted by atomic mass is 9.74. The van der Waals surface area contributed by atoms with Crippen molar-refractivity contribution in [2.24, 2.45) is 17.3 Å². The van der Waals surface area contributed by atoms with Gasteiger partial charge in [-0.2, -0.15) is 0 Å². The zero-order valence-corrected chi connectivity index (χ0v) is 22.6. The summed E-state index contributed by atoms with van der Waals surface area (Å²) in [4.78, 5) is 18.7. The summed E-state index contributed by atoms with van der Waals surface area (Å²) in [5.74, 6) is 3.31. The molecule has 34 heavy (non-hydrogen) atoms. The van der Waals surface area contributed by atoms with Gasteiger partial charge in [0.05, 0.1) is 11.5 Å². The SMILES string of the molecule is C#CCO[C@H](c1ccc(C)c(CNSc2cnccc2CC(C)C)c1)C(C)(C)C(=O)C(C)CC. The first-order chi connectivity index (χ1) is 16.1. The van der Waals surface area contributed by atoms with Crippen LogP contribution in [0.15, 0.2) is 41.6 Å². The minimum absolute atomic E-state index is 0.0329. The average molecular weight is 481 g/mol. The molecule has 2 rings (SSSR count). The fourth-order valence-corrected chi connectivity index (χ4v) is 4.93. The number of hydrogen-bond acceptors (Lipinski definition) is 5. The molecule has 1 unspecified atom stereocenters. The van der Waals surface area contributed by atoms with Crippen LogP contribution < -0.4 is 4.72 Å². The van der Waals surface area contributed by atoms with Crippen LogP contribution in [0.4, 0.5) is 0 Å². The third-order valence-corrected chi connectivity index (χ3v) is 7.18. The monoisotopic (exact) mass is 480 g/mol. The standard InChI is InChI=1S/C29H40N2O2S/c1-9-15-33-28(29(7,8)27(32)21(5)10-2)24-12-11-22(6)25(17-24)18-31-34-26-19-30-14-13-23(26)16-20(3)4/h1,11-14,17,19-21,28,31H,10,15-16,18H2,2-8H3/t21?,28-/m1/s1. The molecule has 0 amide bonds. The fourth-order valence-electron chi connectivity index (χ4n) is 4.15. The Morgan fingerprint density at radius 1 is 1.24 bits per heavy atom. The Kier molecular flexibility index (Phi) is 10.8. The number of pyridine rings is 1. The summed E-state index contributed by atoms with van der Waals surface area (Å²) in [5.41, 5.74) is 3.95. The van der Waals surface area contributed by atoms with Gasteiger partial charge in [-0.05, 0) is 66.0 Å². The van der Waals surface area contributed by atoms with E-state index in [1.807, 2.05) is 40.1 Å².